The first-order valence-electron chi connectivity index (χ1n) is 9.11. The number of hydrogen-bond donors (Lipinski definition) is 1. The molecule has 0 atom stereocenters. The molecule has 3 rings (SSSR count). The van der Waals surface area contributed by atoms with Gasteiger partial charge in [0.05, 0.1) is 0 Å². The van der Waals surface area contributed by atoms with Crippen LogP contribution in [0, 0.1) is 0 Å². The highest BCUT2D eigenvalue weighted by Crippen LogP contribution is 2.10. The van der Waals surface area contributed by atoms with Crippen LogP contribution in [0.2, 0.25) is 0 Å². The molecule has 1 N–H and O–H groups in total. The first-order valence-corrected chi connectivity index (χ1v) is 9.11. The molecule has 0 aliphatic carbocycles. The number of anilines is 1. The molecule has 3 heterocycles. The van der Waals surface area contributed by atoms with Crippen molar-refractivity contribution in [2.45, 2.75) is 19.8 Å². The van der Waals surface area contributed by atoms with E-state index in [2.05, 4.69) is 30.1 Å². The average molecular weight is 345 g/mol. The summed E-state index contributed by atoms with van der Waals surface area (Å²) in [5, 5.41) is 3.31. The van der Waals surface area contributed by atoms with Gasteiger partial charge in [-0.1, -0.05) is 0 Å². The third-order valence-corrected chi connectivity index (χ3v) is 4.57. The normalized spacial score (nSPS) is 18.6. The Bertz CT molecular complexity index is 578. The van der Waals surface area contributed by atoms with Gasteiger partial charge < -0.3 is 20.0 Å². The van der Waals surface area contributed by atoms with Gasteiger partial charge in [-0.15, -0.1) is 0 Å². The van der Waals surface area contributed by atoms with Crippen LogP contribution in [-0.4, -0.2) is 84.0 Å². The molecule has 8 nitrogen and oxygen atoms in total. The van der Waals surface area contributed by atoms with Crippen LogP contribution in [0.4, 0.5) is 5.95 Å². The molecule has 8 heteroatoms. The van der Waals surface area contributed by atoms with Gasteiger partial charge in [-0.3, -0.25) is 4.79 Å². The van der Waals surface area contributed by atoms with Crippen LogP contribution in [0.15, 0.2) is 23.5 Å². The highest BCUT2D eigenvalue weighted by molar-refractivity contribution is 5.85. The van der Waals surface area contributed by atoms with Crippen LogP contribution in [0.3, 0.4) is 0 Å². The number of hydrogen-bond acceptors (Lipinski definition) is 5. The summed E-state index contributed by atoms with van der Waals surface area (Å²) in [5.74, 6) is 1.72. The van der Waals surface area contributed by atoms with Gasteiger partial charge >= 0.3 is 0 Å². The predicted octanol–water partition coefficient (Wildman–Crippen LogP) is 0.187. The van der Waals surface area contributed by atoms with Gasteiger partial charge in [-0.2, -0.15) is 0 Å². The SMILES string of the molecule is CCNC(=NCC(=O)N1CCCC1)N1CCN(c2ncccn2)CC1. The van der Waals surface area contributed by atoms with E-state index in [1.165, 1.54) is 0 Å². The lowest BCUT2D eigenvalue weighted by molar-refractivity contribution is -0.128. The minimum atomic E-state index is 0.129. The van der Waals surface area contributed by atoms with E-state index in [-0.39, 0.29) is 12.5 Å². The fourth-order valence-corrected chi connectivity index (χ4v) is 3.21. The number of carbonyl (C=O) groups is 1. The Morgan fingerprint density at radius 2 is 1.76 bits per heavy atom. The van der Waals surface area contributed by atoms with Gasteiger partial charge in [0.15, 0.2) is 5.96 Å². The molecule has 0 saturated carbocycles. The van der Waals surface area contributed by atoms with E-state index in [9.17, 15) is 4.79 Å². The lowest BCUT2D eigenvalue weighted by Crippen LogP contribution is -2.53. The van der Waals surface area contributed by atoms with Gasteiger partial charge in [0.2, 0.25) is 11.9 Å². The maximum absolute atomic E-state index is 12.2. The van der Waals surface area contributed by atoms with E-state index in [4.69, 9.17) is 0 Å². The zero-order chi connectivity index (χ0) is 17.5. The van der Waals surface area contributed by atoms with Crippen LogP contribution < -0.4 is 10.2 Å². The van der Waals surface area contributed by atoms with Gasteiger partial charge in [0.1, 0.15) is 6.54 Å². The van der Waals surface area contributed by atoms with Crippen molar-refractivity contribution >= 4 is 17.8 Å². The summed E-state index contributed by atoms with van der Waals surface area (Å²) in [6, 6.07) is 1.83. The Kier molecular flexibility index (Phi) is 6.03. The van der Waals surface area contributed by atoms with E-state index in [0.29, 0.717) is 0 Å². The van der Waals surface area contributed by atoms with Crippen molar-refractivity contribution in [2.24, 2.45) is 4.99 Å². The number of nitrogens with zero attached hydrogens (tertiary/aromatic N) is 6. The molecular formula is C17H27N7O. The van der Waals surface area contributed by atoms with E-state index in [0.717, 1.165) is 70.6 Å². The van der Waals surface area contributed by atoms with Crippen LogP contribution in [0.25, 0.3) is 0 Å². The third-order valence-electron chi connectivity index (χ3n) is 4.57. The quantitative estimate of drug-likeness (QED) is 0.620. The number of amides is 1. The standard InChI is InChI=1S/C17H27N7O/c1-2-18-16(21-14-15(25)22-8-3-4-9-22)23-10-12-24(13-11-23)17-19-6-5-7-20-17/h5-7H,2-4,8-14H2,1H3,(H,18,21). The Labute approximate surface area is 148 Å². The molecule has 1 aromatic heterocycles. The number of likely N-dealkylation sites (tertiary alicyclic amines) is 1. The lowest BCUT2D eigenvalue weighted by atomic mass is 10.3. The van der Waals surface area contributed by atoms with Crippen LogP contribution in [0.1, 0.15) is 19.8 Å². The smallest absolute Gasteiger partial charge is 0.244 e. The number of piperazine rings is 1. The summed E-state index contributed by atoms with van der Waals surface area (Å²) in [5.41, 5.74) is 0. The maximum Gasteiger partial charge on any atom is 0.244 e. The molecule has 0 spiro atoms. The zero-order valence-corrected chi connectivity index (χ0v) is 14.9. The van der Waals surface area contributed by atoms with Crippen molar-refractivity contribution in [3.8, 4) is 0 Å². The van der Waals surface area contributed by atoms with Gasteiger partial charge in [-0.05, 0) is 25.8 Å². The minimum Gasteiger partial charge on any atom is -0.357 e. The van der Waals surface area contributed by atoms with E-state index >= 15 is 0 Å². The summed E-state index contributed by atoms with van der Waals surface area (Å²) in [6.07, 6.45) is 5.76. The first kappa shape index (κ1) is 17.4. The Morgan fingerprint density at radius 3 is 2.40 bits per heavy atom. The van der Waals surface area contributed by atoms with Gasteiger partial charge in [0.25, 0.3) is 0 Å². The van der Waals surface area contributed by atoms with Crippen molar-refractivity contribution in [2.75, 3.05) is 57.3 Å². The molecule has 2 saturated heterocycles. The van der Waals surface area contributed by atoms with Crippen molar-refractivity contribution in [1.82, 2.24) is 25.1 Å². The Hall–Kier alpha value is -2.38. The molecule has 1 amide bonds. The molecule has 136 valence electrons. The topological polar surface area (TPSA) is 77.0 Å². The van der Waals surface area contributed by atoms with E-state index in [1.54, 1.807) is 12.4 Å². The van der Waals surface area contributed by atoms with Crippen molar-refractivity contribution in [1.29, 1.82) is 0 Å². The number of guanidine groups is 1. The molecule has 0 aromatic carbocycles. The molecule has 2 aliphatic rings. The second-order valence-corrected chi connectivity index (χ2v) is 6.28. The first-order chi connectivity index (χ1) is 12.3. The van der Waals surface area contributed by atoms with Crippen LogP contribution in [0.5, 0.6) is 0 Å². The van der Waals surface area contributed by atoms with Crippen LogP contribution in [-0.2, 0) is 4.79 Å². The summed E-state index contributed by atoms with van der Waals surface area (Å²) in [7, 11) is 0. The fourth-order valence-electron chi connectivity index (χ4n) is 3.21. The average Bonchev–Trinajstić information content (AvgIpc) is 3.21. The lowest BCUT2D eigenvalue weighted by Gasteiger charge is -2.36. The number of aliphatic imine (C=N–C) groups is 1. The minimum absolute atomic E-state index is 0.129. The van der Waals surface area contributed by atoms with Crippen molar-refractivity contribution in [3.05, 3.63) is 18.5 Å². The second-order valence-electron chi connectivity index (χ2n) is 6.28. The largest absolute Gasteiger partial charge is 0.357 e. The molecule has 0 unspecified atom stereocenters. The third kappa shape index (κ3) is 4.58. The predicted molar refractivity (Wildman–Crippen MR) is 97.6 cm³/mol. The van der Waals surface area contributed by atoms with Crippen molar-refractivity contribution in [3.63, 3.8) is 0 Å². The van der Waals surface area contributed by atoms with Crippen molar-refractivity contribution < 1.29 is 4.79 Å². The fraction of sp³-hybridized carbons (Fsp3) is 0.647. The molecular weight excluding hydrogens is 318 g/mol. The van der Waals surface area contributed by atoms with Crippen LogP contribution >= 0.6 is 0 Å². The highest BCUT2D eigenvalue weighted by Gasteiger charge is 2.22. The molecule has 2 fully saturated rings. The molecule has 0 bridgehead atoms. The zero-order valence-electron chi connectivity index (χ0n) is 14.9. The molecule has 0 radical (unpaired) electrons. The maximum atomic E-state index is 12.2. The molecule has 25 heavy (non-hydrogen) atoms. The summed E-state index contributed by atoms with van der Waals surface area (Å²) < 4.78 is 0. The monoisotopic (exact) mass is 345 g/mol. The van der Waals surface area contributed by atoms with Gasteiger partial charge in [-0.25, -0.2) is 15.0 Å². The number of nitrogens with one attached hydrogen (secondary N) is 1. The van der Waals surface area contributed by atoms with Gasteiger partial charge in [0, 0.05) is 58.2 Å². The molecule has 2 aliphatic heterocycles. The summed E-state index contributed by atoms with van der Waals surface area (Å²) in [6.45, 7) is 8.17. The Morgan fingerprint density at radius 1 is 1.08 bits per heavy atom. The Balaban J connectivity index is 1.56. The second kappa shape index (κ2) is 8.64. The summed E-state index contributed by atoms with van der Waals surface area (Å²) in [4.78, 5) is 31.7. The number of carbonyl (C=O) groups excluding carboxylic acids is 1. The summed E-state index contributed by atoms with van der Waals surface area (Å²) >= 11 is 0. The van der Waals surface area contributed by atoms with E-state index < -0.39 is 0 Å². The van der Waals surface area contributed by atoms with E-state index in [1.807, 2.05) is 17.9 Å². The number of aromatic nitrogens is 2. The highest BCUT2D eigenvalue weighted by atomic mass is 16.2. The molecule has 1 aromatic rings. The number of rotatable bonds is 4.